The van der Waals surface area contributed by atoms with Gasteiger partial charge in [-0.05, 0) is 37.0 Å². The molecule has 1 heterocycles. The standard InChI is InChI=1S/C16H30N4/c1-13(2)11-20-14(18-12-19-20)10-16(17)7-5-6-15(3,4)8-9-16/h12-13H,5-11,17H2,1-4H3. The second-order valence-corrected chi connectivity index (χ2v) is 7.81. The van der Waals surface area contributed by atoms with E-state index in [4.69, 9.17) is 5.73 Å². The van der Waals surface area contributed by atoms with Gasteiger partial charge in [0.1, 0.15) is 12.2 Å². The maximum atomic E-state index is 6.69. The monoisotopic (exact) mass is 278 g/mol. The Bertz CT molecular complexity index is 435. The smallest absolute Gasteiger partial charge is 0.138 e. The first-order chi connectivity index (χ1) is 9.30. The topological polar surface area (TPSA) is 56.7 Å². The van der Waals surface area contributed by atoms with E-state index < -0.39 is 0 Å². The van der Waals surface area contributed by atoms with Gasteiger partial charge in [-0.1, -0.05) is 34.1 Å². The SMILES string of the molecule is CC(C)Cn1ncnc1CC1(N)CCCC(C)(C)CC1. The van der Waals surface area contributed by atoms with E-state index in [1.165, 1.54) is 19.3 Å². The Hall–Kier alpha value is -0.900. The molecular weight excluding hydrogens is 248 g/mol. The largest absolute Gasteiger partial charge is 0.325 e. The minimum atomic E-state index is -0.102. The van der Waals surface area contributed by atoms with Crippen LogP contribution in [0, 0.1) is 11.3 Å². The van der Waals surface area contributed by atoms with Crippen LogP contribution in [0.3, 0.4) is 0 Å². The molecule has 0 bridgehead atoms. The molecule has 1 aromatic rings. The number of hydrogen-bond donors (Lipinski definition) is 1. The molecule has 0 aromatic carbocycles. The normalized spacial score (nSPS) is 26.7. The molecule has 0 amide bonds. The molecule has 2 N–H and O–H groups in total. The highest BCUT2D eigenvalue weighted by atomic mass is 15.3. The molecule has 0 saturated heterocycles. The molecule has 1 saturated carbocycles. The van der Waals surface area contributed by atoms with E-state index in [1.807, 2.05) is 4.68 Å². The molecule has 1 aliphatic rings. The molecule has 4 nitrogen and oxygen atoms in total. The lowest BCUT2D eigenvalue weighted by atomic mass is 9.83. The highest BCUT2D eigenvalue weighted by molar-refractivity contribution is 5.00. The van der Waals surface area contributed by atoms with Gasteiger partial charge in [-0.3, -0.25) is 0 Å². The Morgan fingerprint density at radius 2 is 2.00 bits per heavy atom. The molecule has 4 heteroatoms. The van der Waals surface area contributed by atoms with Crippen molar-refractivity contribution in [3.05, 3.63) is 12.2 Å². The van der Waals surface area contributed by atoms with Gasteiger partial charge in [0, 0.05) is 18.5 Å². The number of nitrogens with zero attached hydrogens (tertiary/aromatic N) is 3. The maximum absolute atomic E-state index is 6.69. The van der Waals surface area contributed by atoms with Gasteiger partial charge in [-0.15, -0.1) is 0 Å². The molecular formula is C16H30N4. The predicted octanol–water partition coefficient (Wildman–Crippen LogP) is 3.16. The Morgan fingerprint density at radius 1 is 1.25 bits per heavy atom. The van der Waals surface area contributed by atoms with Crippen LogP contribution in [0.15, 0.2) is 6.33 Å². The molecule has 1 aliphatic carbocycles. The molecule has 1 unspecified atom stereocenters. The number of rotatable bonds is 4. The lowest BCUT2D eigenvalue weighted by Gasteiger charge is -2.29. The lowest BCUT2D eigenvalue weighted by Crippen LogP contribution is -2.42. The van der Waals surface area contributed by atoms with Gasteiger partial charge in [0.15, 0.2) is 0 Å². The fraction of sp³-hybridized carbons (Fsp3) is 0.875. The third-order valence-electron chi connectivity index (χ3n) is 4.57. The van der Waals surface area contributed by atoms with Gasteiger partial charge in [0.05, 0.1) is 0 Å². The van der Waals surface area contributed by atoms with Crippen molar-refractivity contribution < 1.29 is 0 Å². The maximum Gasteiger partial charge on any atom is 0.138 e. The van der Waals surface area contributed by atoms with Crippen LogP contribution in [-0.2, 0) is 13.0 Å². The van der Waals surface area contributed by atoms with Gasteiger partial charge in [0.25, 0.3) is 0 Å². The second kappa shape index (κ2) is 5.84. The van der Waals surface area contributed by atoms with Crippen molar-refractivity contribution in [2.45, 2.75) is 78.3 Å². The third kappa shape index (κ3) is 4.05. The second-order valence-electron chi connectivity index (χ2n) is 7.81. The summed E-state index contributed by atoms with van der Waals surface area (Å²) in [4.78, 5) is 4.45. The van der Waals surface area contributed by atoms with Gasteiger partial charge in [-0.25, -0.2) is 9.67 Å². The van der Waals surface area contributed by atoms with Crippen molar-refractivity contribution >= 4 is 0 Å². The zero-order valence-electron chi connectivity index (χ0n) is 13.5. The van der Waals surface area contributed by atoms with Crippen molar-refractivity contribution in [2.24, 2.45) is 17.1 Å². The van der Waals surface area contributed by atoms with Crippen LogP contribution in [-0.4, -0.2) is 20.3 Å². The van der Waals surface area contributed by atoms with Crippen LogP contribution in [0.25, 0.3) is 0 Å². The lowest BCUT2D eigenvalue weighted by molar-refractivity contribution is 0.293. The first-order valence-corrected chi connectivity index (χ1v) is 7.95. The molecule has 1 fully saturated rings. The Morgan fingerprint density at radius 3 is 2.70 bits per heavy atom. The van der Waals surface area contributed by atoms with E-state index in [0.717, 1.165) is 31.6 Å². The van der Waals surface area contributed by atoms with Crippen LogP contribution in [0.5, 0.6) is 0 Å². The predicted molar refractivity (Wildman–Crippen MR) is 82.3 cm³/mol. The summed E-state index contributed by atoms with van der Waals surface area (Å²) in [5.74, 6) is 1.64. The molecule has 1 atom stereocenters. The van der Waals surface area contributed by atoms with Crippen LogP contribution >= 0.6 is 0 Å². The van der Waals surface area contributed by atoms with E-state index in [1.54, 1.807) is 6.33 Å². The summed E-state index contributed by atoms with van der Waals surface area (Å²) in [7, 11) is 0. The van der Waals surface area contributed by atoms with Crippen LogP contribution < -0.4 is 5.73 Å². The van der Waals surface area contributed by atoms with Gasteiger partial charge < -0.3 is 5.73 Å². The van der Waals surface area contributed by atoms with Crippen molar-refractivity contribution in [2.75, 3.05) is 0 Å². The van der Waals surface area contributed by atoms with E-state index >= 15 is 0 Å². The minimum absolute atomic E-state index is 0.102. The van der Waals surface area contributed by atoms with Gasteiger partial charge in [0.2, 0.25) is 0 Å². The Balaban J connectivity index is 2.06. The number of hydrogen-bond acceptors (Lipinski definition) is 3. The van der Waals surface area contributed by atoms with Crippen LogP contribution in [0.1, 0.15) is 65.6 Å². The average molecular weight is 278 g/mol. The number of aromatic nitrogens is 3. The zero-order chi connectivity index (χ0) is 14.8. The first kappa shape index (κ1) is 15.5. The average Bonchev–Trinajstić information content (AvgIpc) is 2.67. The summed E-state index contributed by atoms with van der Waals surface area (Å²) < 4.78 is 2.04. The summed E-state index contributed by atoms with van der Waals surface area (Å²) >= 11 is 0. The summed E-state index contributed by atoms with van der Waals surface area (Å²) in [5.41, 5.74) is 7.03. The van der Waals surface area contributed by atoms with E-state index in [0.29, 0.717) is 11.3 Å². The minimum Gasteiger partial charge on any atom is -0.325 e. The van der Waals surface area contributed by atoms with E-state index in [-0.39, 0.29) is 5.54 Å². The molecule has 0 radical (unpaired) electrons. The molecule has 20 heavy (non-hydrogen) atoms. The van der Waals surface area contributed by atoms with E-state index in [2.05, 4.69) is 37.8 Å². The third-order valence-corrected chi connectivity index (χ3v) is 4.57. The van der Waals surface area contributed by atoms with Crippen LogP contribution in [0.4, 0.5) is 0 Å². The Kier molecular flexibility index (Phi) is 4.52. The highest BCUT2D eigenvalue weighted by Crippen LogP contribution is 2.38. The summed E-state index contributed by atoms with van der Waals surface area (Å²) in [6, 6.07) is 0. The van der Waals surface area contributed by atoms with Gasteiger partial charge in [-0.2, -0.15) is 5.10 Å². The van der Waals surface area contributed by atoms with Crippen molar-refractivity contribution in [1.82, 2.24) is 14.8 Å². The molecule has 2 rings (SSSR count). The fourth-order valence-corrected chi connectivity index (χ4v) is 3.17. The molecule has 114 valence electrons. The molecule has 0 spiro atoms. The summed E-state index contributed by atoms with van der Waals surface area (Å²) in [6.07, 6.45) is 8.44. The quantitative estimate of drug-likeness (QED) is 0.861. The number of nitrogens with two attached hydrogens (primary N) is 1. The van der Waals surface area contributed by atoms with Crippen molar-refractivity contribution in [3.8, 4) is 0 Å². The van der Waals surface area contributed by atoms with E-state index in [9.17, 15) is 0 Å². The van der Waals surface area contributed by atoms with Crippen molar-refractivity contribution in [1.29, 1.82) is 0 Å². The van der Waals surface area contributed by atoms with Crippen LogP contribution in [0.2, 0.25) is 0 Å². The zero-order valence-corrected chi connectivity index (χ0v) is 13.5. The first-order valence-electron chi connectivity index (χ1n) is 7.95. The molecule has 1 aromatic heterocycles. The fourth-order valence-electron chi connectivity index (χ4n) is 3.17. The highest BCUT2D eigenvalue weighted by Gasteiger charge is 2.33. The van der Waals surface area contributed by atoms with Crippen molar-refractivity contribution in [3.63, 3.8) is 0 Å². The molecule has 0 aliphatic heterocycles. The Labute approximate surface area is 123 Å². The van der Waals surface area contributed by atoms with Gasteiger partial charge >= 0.3 is 0 Å². The summed E-state index contributed by atoms with van der Waals surface area (Å²) in [5, 5.41) is 4.35. The summed E-state index contributed by atoms with van der Waals surface area (Å²) in [6.45, 7) is 10.1.